The molecule has 0 atom stereocenters. The largest absolute Gasteiger partial charge is 0.393 e. The van der Waals surface area contributed by atoms with Gasteiger partial charge in [0.05, 0.1) is 6.10 Å². The average Bonchev–Trinajstić information content (AvgIpc) is 1.58. The molecule has 2 rings (SSSR count). The number of nitrogens with zero attached hydrogens (tertiary/aromatic N) is 1. The number of aliphatic hydroxyl groups is 1. The van der Waals surface area contributed by atoms with Gasteiger partial charge in [-0.25, -0.2) is 0 Å². The summed E-state index contributed by atoms with van der Waals surface area (Å²) in [6, 6.07) is 0. The van der Waals surface area contributed by atoms with Crippen LogP contribution in [0.15, 0.2) is 0 Å². The van der Waals surface area contributed by atoms with Crippen LogP contribution in [0.25, 0.3) is 0 Å². The lowest BCUT2D eigenvalue weighted by Crippen LogP contribution is -2.62. The van der Waals surface area contributed by atoms with Crippen molar-refractivity contribution in [3.8, 4) is 0 Å². The van der Waals surface area contributed by atoms with E-state index in [-0.39, 0.29) is 18.5 Å². The molecule has 0 aromatic rings. The second-order valence-corrected chi connectivity index (χ2v) is 3.73. The summed E-state index contributed by atoms with van der Waals surface area (Å²) < 4.78 is 0. The Morgan fingerprint density at radius 3 is 2.20 bits per heavy atom. The first-order chi connectivity index (χ1) is 4.20. The Hall–Kier alpha value is 0.210. The number of halogens is 1. The van der Waals surface area contributed by atoms with E-state index in [2.05, 4.69) is 11.9 Å². The normalized spacial score (nSPS) is 30.6. The van der Waals surface area contributed by atoms with Gasteiger partial charge >= 0.3 is 0 Å². The van der Waals surface area contributed by atoms with E-state index in [1.807, 2.05) is 0 Å². The number of hydrogen-bond acceptors (Lipinski definition) is 2. The van der Waals surface area contributed by atoms with Crippen LogP contribution >= 0.6 is 12.4 Å². The van der Waals surface area contributed by atoms with Gasteiger partial charge in [0, 0.05) is 18.5 Å². The standard InChI is InChI=1S/C7H13NO.ClH/c1-8-4-7(5-8)2-6(9)3-7;/h6,9H,2-5H2,1H3;1H. The molecule has 60 valence electrons. The van der Waals surface area contributed by atoms with Crippen molar-refractivity contribution in [1.29, 1.82) is 0 Å². The Morgan fingerprint density at radius 2 is 1.90 bits per heavy atom. The molecule has 0 aromatic carbocycles. The molecule has 0 bridgehead atoms. The summed E-state index contributed by atoms with van der Waals surface area (Å²) in [5, 5.41) is 9.02. The van der Waals surface area contributed by atoms with Crippen LogP contribution < -0.4 is 0 Å². The summed E-state index contributed by atoms with van der Waals surface area (Å²) in [4.78, 5) is 2.31. The quantitative estimate of drug-likeness (QED) is 0.562. The van der Waals surface area contributed by atoms with Gasteiger partial charge in [-0.15, -0.1) is 12.4 Å². The first-order valence-corrected chi connectivity index (χ1v) is 3.57. The molecular weight excluding hydrogens is 150 g/mol. The maximum absolute atomic E-state index is 9.02. The summed E-state index contributed by atoms with van der Waals surface area (Å²) in [6.45, 7) is 2.42. The fraction of sp³-hybridized carbons (Fsp3) is 1.00. The van der Waals surface area contributed by atoms with E-state index in [1.165, 1.54) is 13.1 Å². The molecule has 1 saturated carbocycles. The second kappa shape index (κ2) is 2.36. The third kappa shape index (κ3) is 1.04. The maximum Gasteiger partial charge on any atom is 0.0552 e. The van der Waals surface area contributed by atoms with Crippen molar-refractivity contribution >= 4 is 12.4 Å². The smallest absolute Gasteiger partial charge is 0.0552 e. The molecule has 1 aliphatic heterocycles. The fourth-order valence-corrected chi connectivity index (χ4v) is 2.30. The van der Waals surface area contributed by atoms with E-state index < -0.39 is 0 Å². The van der Waals surface area contributed by atoms with Crippen molar-refractivity contribution in [1.82, 2.24) is 4.90 Å². The van der Waals surface area contributed by atoms with Crippen LogP contribution in [-0.4, -0.2) is 36.2 Å². The van der Waals surface area contributed by atoms with Crippen LogP contribution in [-0.2, 0) is 0 Å². The van der Waals surface area contributed by atoms with Crippen molar-refractivity contribution < 1.29 is 5.11 Å². The van der Waals surface area contributed by atoms with E-state index in [0.29, 0.717) is 5.41 Å². The van der Waals surface area contributed by atoms with Crippen LogP contribution in [0.4, 0.5) is 0 Å². The summed E-state index contributed by atoms with van der Waals surface area (Å²) in [5.74, 6) is 0. The zero-order chi connectivity index (χ0) is 6.48. The molecule has 10 heavy (non-hydrogen) atoms. The number of rotatable bonds is 0. The second-order valence-electron chi connectivity index (χ2n) is 3.73. The maximum atomic E-state index is 9.02. The van der Waals surface area contributed by atoms with E-state index in [9.17, 15) is 0 Å². The zero-order valence-corrected chi connectivity index (χ0v) is 7.02. The minimum atomic E-state index is 0. The predicted molar refractivity (Wildman–Crippen MR) is 42.4 cm³/mol. The molecule has 2 fully saturated rings. The molecule has 1 heterocycles. The molecule has 0 aromatic heterocycles. The molecular formula is C7H14ClNO. The summed E-state index contributed by atoms with van der Waals surface area (Å²) >= 11 is 0. The minimum absolute atomic E-state index is 0. The Morgan fingerprint density at radius 1 is 1.40 bits per heavy atom. The van der Waals surface area contributed by atoms with Gasteiger partial charge < -0.3 is 10.0 Å². The highest BCUT2D eigenvalue weighted by Crippen LogP contribution is 2.47. The summed E-state index contributed by atoms with van der Waals surface area (Å²) in [6.07, 6.45) is 2.13. The van der Waals surface area contributed by atoms with Crippen molar-refractivity contribution in [2.24, 2.45) is 5.41 Å². The summed E-state index contributed by atoms with van der Waals surface area (Å²) in [7, 11) is 2.13. The lowest BCUT2D eigenvalue weighted by Gasteiger charge is -2.56. The molecule has 0 unspecified atom stereocenters. The van der Waals surface area contributed by atoms with Crippen molar-refractivity contribution in [3.63, 3.8) is 0 Å². The van der Waals surface area contributed by atoms with Crippen LogP contribution in [0, 0.1) is 5.41 Å². The average molecular weight is 164 g/mol. The first-order valence-electron chi connectivity index (χ1n) is 3.57. The highest BCUT2D eigenvalue weighted by Gasteiger charge is 2.50. The van der Waals surface area contributed by atoms with Crippen molar-refractivity contribution in [3.05, 3.63) is 0 Å². The Balaban J connectivity index is 0.000000500. The van der Waals surface area contributed by atoms with E-state index in [4.69, 9.17) is 5.11 Å². The first kappa shape index (κ1) is 8.31. The monoisotopic (exact) mass is 163 g/mol. The van der Waals surface area contributed by atoms with Crippen LogP contribution in [0.1, 0.15) is 12.8 Å². The van der Waals surface area contributed by atoms with Crippen molar-refractivity contribution in [2.75, 3.05) is 20.1 Å². The fourth-order valence-electron chi connectivity index (χ4n) is 2.30. The molecule has 1 spiro atoms. The molecule has 1 N–H and O–H groups in total. The van der Waals surface area contributed by atoms with Gasteiger partial charge in [0.25, 0.3) is 0 Å². The molecule has 1 saturated heterocycles. The Labute approximate surface area is 67.6 Å². The van der Waals surface area contributed by atoms with Crippen LogP contribution in [0.3, 0.4) is 0 Å². The topological polar surface area (TPSA) is 23.5 Å². The van der Waals surface area contributed by atoms with Gasteiger partial charge in [0.2, 0.25) is 0 Å². The lowest BCUT2D eigenvalue weighted by atomic mass is 9.62. The van der Waals surface area contributed by atoms with Crippen LogP contribution in [0.2, 0.25) is 0 Å². The number of aliphatic hydroxyl groups excluding tert-OH is 1. The van der Waals surface area contributed by atoms with E-state index in [1.54, 1.807) is 0 Å². The minimum Gasteiger partial charge on any atom is -0.393 e. The van der Waals surface area contributed by atoms with Crippen molar-refractivity contribution in [2.45, 2.75) is 18.9 Å². The van der Waals surface area contributed by atoms with E-state index in [0.717, 1.165) is 12.8 Å². The molecule has 2 aliphatic rings. The molecule has 2 nitrogen and oxygen atoms in total. The third-order valence-corrected chi connectivity index (χ3v) is 2.55. The molecule has 0 amide bonds. The van der Waals surface area contributed by atoms with Gasteiger partial charge in [-0.1, -0.05) is 0 Å². The SMILES string of the molecule is CN1CC2(CC(O)C2)C1.Cl. The lowest BCUT2D eigenvalue weighted by molar-refractivity contribution is -0.118. The predicted octanol–water partition coefficient (Wildman–Crippen LogP) is 0.495. The number of likely N-dealkylation sites (tertiary alicyclic amines) is 1. The molecule has 0 radical (unpaired) electrons. The van der Waals surface area contributed by atoms with Gasteiger partial charge in [0.15, 0.2) is 0 Å². The summed E-state index contributed by atoms with van der Waals surface area (Å²) in [5.41, 5.74) is 0.564. The van der Waals surface area contributed by atoms with Gasteiger partial charge in [-0.2, -0.15) is 0 Å². The molecule has 1 aliphatic carbocycles. The van der Waals surface area contributed by atoms with Gasteiger partial charge in [-0.05, 0) is 19.9 Å². The molecule has 3 heteroatoms. The van der Waals surface area contributed by atoms with Gasteiger partial charge in [-0.3, -0.25) is 0 Å². The number of hydrogen-bond donors (Lipinski definition) is 1. The highest BCUT2D eigenvalue weighted by molar-refractivity contribution is 5.85. The Bertz CT molecular complexity index is 108. The highest BCUT2D eigenvalue weighted by atomic mass is 35.5. The van der Waals surface area contributed by atoms with Crippen LogP contribution in [0.5, 0.6) is 0 Å². The zero-order valence-electron chi connectivity index (χ0n) is 6.21. The van der Waals surface area contributed by atoms with E-state index >= 15 is 0 Å². The van der Waals surface area contributed by atoms with Gasteiger partial charge in [0.1, 0.15) is 0 Å². The third-order valence-electron chi connectivity index (χ3n) is 2.55. The Kier molecular flexibility index (Phi) is 1.96.